The Balaban J connectivity index is 2.33. The fourth-order valence-electron chi connectivity index (χ4n) is 1.67. The second kappa shape index (κ2) is 4.87. The number of nitrogens with zero attached hydrogens (tertiary/aromatic N) is 2. The Morgan fingerprint density at radius 2 is 2.18 bits per heavy atom. The summed E-state index contributed by atoms with van der Waals surface area (Å²) in [6.45, 7) is 2.05. The summed E-state index contributed by atoms with van der Waals surface area (Å²) < 4.78 is 6.10. The Hall–Kier alpha value is -1.36. The number of halogens is 1. The van der Waals surface area contributed by atoms with E-state index in [4.69, 9.17) is 10.5 Å². The van der Waals surface area contributed by atoms with Crippen LogP contribution in [-0.2, 0) is 0 Å². The van der Waals surface area contributed by atoms with Crippen LogP contribution in [0.2, 0.25) is 0 Å². The molecule has 2 rings (SSSR count). The highest BCUT2D eigenvalue weighted by molar-refractivity contribution is 9.10. The second-order valence-corrected chi connectivity index (χ2v) is 4.88. The van der Waals surface area contributed by atoms with Crippen LogP contribution in [0, 0.1) is 5.92 Å². The average Bonchev–Trinajstić information content (AvgIpc) is 2.32. The fourth-order valence-corrected chi connectivity index (χ4v) is 2.21. The van der Waals surface area contributed by atoms with Crippen molar-refractivity contribution >= 4 is 27.5 Å². The lowest BCUT2D eigenvalue weighted by Gasteiger charge is -2.16. The Morgan fingerprint density at radius 3 is 2.76 bits per heavy atom. The molecule has 0 fully saturated rings. The molecule has 17 heavy (non-hydrogen) atoms. The van der Waals surface area contributed by atoms with Gasteiger partial charge in [-0.3, -0.25) is 0 Å². The summed E-state index contributed by atoms with van der Waals surface area (Å²) in [6, 6.07) is 5.88. The molecule has 0 aliphatic carbocycles. The van der Waals surface area contributed by atoms with Gasteiger partial charge in [-0.05, 0) is 39.7 Å². The number of benzene rings is 1. The SMILES string of the molecule is COc1ccc(C2=NN=C(N)C(C)C2)cc1Br. The molecule has 1 aliphatic rings. The maximum Gasteiger partial charge on any atom is 0.133 e. The smallest absolute Gasteiger partial charge is 0.133 e. The van der Waals surface area contributed by atoms with Gasteiger partial charge in [0, 0.05) is 12.3 Å². The summed E-state index contributed by atoms with van der Waals surface area (Å²) in [4.78, 5) is 0. The van der Waals surface area contributed by atoms with Gasteiger partial charge in [0.15, 0.2) is 0 Å². The summed E-state index contributed by atoms with van der Waals surface area (Å²) in [5.41, 5.74) is 7.70. The molecule has 2 N–H and O–H groups in total. The Kier molecular flexibility index (Phi) is 3.47. The maximum absolute atomic E-state index is 5.71. The van der Waals surface area contributed by atoms with Gasteiger partial charge in [-0.15, -0.1) is 5.10 Å². The van der Waals surface area contributed by atoms with Crippen molar-refractivity contribution in [3.8, 4) is 5.75 Å². The number of rotatable bonds is 2. The van der Waals surface area contributed by atoms with Gasteiger partial charge in [0.1, 0.15) is 11.6 Å². The van der Waals surface area contributed by atoms with E-state index in [1.807, 2.05) is 25.1 Å². The van der Waals surface area contributed by atoms with Crippen molar-refractivity contribution in [2.45, 2.75) is 13.3 Å². The first kappa shape index (κ1) is 12.1. The summed E-state index contributed by atoms with van der Waals surface area (Å²) in [6.07, 6.45) is 0.814. The van der Waals surface area contributed by atoms with E-state index in [1.165, 1.54) is 0 Å². The quantitative estimate of drug-likeness (QED) is 0.911. The van der Waals surface area contributed by atoms with Crippen molar-refractivity contribution in [3.63, 3.8) is 0 Å². The molecule has 1 aromatic rings. The minimum absolute atomic E-state index is 0.239. The Labute approximate surface area is 109 Å². The third-order valence-corrected chi connectivity index (χ3v) is 3.40. The summed E-state index contributed by atoms with van der Waals surface area (Å²) in [7, 11) is 1.64. The molecule has 0 bridgehead atoms. The second-order valence-electron chi connectivity index (χ2n) is 4.03. The van der Waals surface area contributed by atoms with Crippen molar-refractivity contribution in [3.05, 3.63) is 28.2 Å². The zero-order valence-corrected chi connectivity index (χ0v) is 11.4. The molecule has 1 aromatic carbocycles. The number of hydrogen-bond donors (Lipinski definition) is 1. The predicted molar refractivity (Wildman–Crippen MR) is 72.6 cm³/mol. The molecular weight excluding hydrogens is 282 g/mol. The first-order chi connectivity index (χ1) is 8.11. The number of amidine groups is 1. The highest BCUT2D eigenvalue weighted by atomic mass is 79.9. The lowest BCUT2D eigenvalue weighted by Crippen LogP contribution is -2.26. The van der Waals surface area contributed by atoms with Crippen LogP contribution < -0.4 is 10.5 Å². The Morgan fingerprint density at radius 1 is 1.41 bits per heavy atom. The van der Waals surface area contributed by atoms with Crippen LogP contribution >= 0.6 is 15.9 Å². The first-order valence-corrected chi connectivity index (χ1v) is 6.15. The van der Waals surface area contributed by atoms with E-state index in [1.54, 1.807) is 7.11 Å². The molecule has 1 atom stereocenters. The van der Waals surface area contributed by atoms with E-state index in [0.717, 1.165) is 27.9 Å². The third-order valence-electron chi connectivity index (χ3n) is 2.78. The molecule has 0 saturated carbocycles. The van der Waals surface area contributed by atoms with E-state index < -0.39 is 0 Å². The van der Waals surface area contributed by atoms with Crippen molar-refractivity contribution < 1.29 is 4.74 Å². The van der Waals surface area contributed by atoms with E-state index in [9.17, 15) is 0 Å². The zero-order chi connectivity index (χ0) is 12.4. The molecular formula is C12H14BrN3O. The molecule has 1 aliphatic heterocycles. The van der Waals surface area contributed by atoms with E-state index >= 15 is 0 Å². The highest BCUT2D eigenvalue weighted by Crippen LogP contribution is 2.27. The van der Waals surface area contributed by atoms with Gasteiger partial charge >= 0.3 is 0 Å². The standard InChI is InChI=1S/C12H14BrN3O/c1-7-5-10(15-16-12(7)14)8-3-4-11(17-2)9(13)6-8/h3-4,6-7H,5H2,1-2H3,(H2,14,16). The van der Waals surface area contributed by atoms with Gasteiger partial charge in [0.25, 0.3) is 0 Å². The number of nitrogens with two attached hydrogens (primary N) is 1. The maximum atomic E-state index is 5.71. The van der Waals surface area contributed by atoms with Crippen LogP contribution in [-0.4, -0.2) is 18.7 Å². The van der Waals surface area contributed by atoms with Gasteiger partial charge in [-0.2, -0.15) is 5.10 Å². The number of hydrogen-bond acceptors (Lipinski definition) is 4. The molecule has 5 heteroatoms. The van der Waals surface area contributed by atoms with Gasteiger partial charge in [-0.1, -0.05) is 6.92 Å². The molecule has 0 spiro atoms. The predicted octanol–water partition coefficient (Wildman–Crippen LogP) is 2.56. The molecule has 1 heterocycles. The minimum Gasteiger partial charge on any atom is -0.496 e. The molecule has 0 amide bonds. The van der Waals surface area contributed by atoms with Gasteiger partial charge in [-0.25, -0.2) is 0 Å². The molecule has 1 unspecified atom stereocenters. The first-order valence-electron chi connectivity index (χ1n) is 5.35. The van der Waals surface area contributed by atoms with Gasteiger partial charge in [0.05, 0.1) is 17.3 Å². The summed E-state index contributed by atoms with van der Waals surface area (Å²) in [5, 5.41) is 8.12. The molecule has 4 nitrogen and oxygen atoms in total. The lowest BCUT2D eigenvalue weighted by molar-refractivity contribution is 0.412. The van der Waals surface area contributed by atoms with Gasteiger partial charge in [0.2, 0.25) is 0 Å². The number of ether oxygens (including phenoxy) is 1. The molecule has 0 aromatic heterocycles. The summed E-state index contributed by atoms with van der Waals surface area (Å²) >= 11 is 3.46. The largest absolute Gasteiger partial charge is 0.496 e. The van der Waals surface area contributed by atoms with Crippen LogP contribution in [0.4, 0.5) is 0 Å². The highest BCUT2D eigenvalue weighted by Gasteiger charge is 2.17. The van der Waals surface area contributed by atoms with Crippen LogP contribution in [0.5, 0.6) is 5.75 Å². The summed E-state index contributed by atoms with van der Waals surface area (Å²) in [5.74, 6) is 1.64. The topological polar surface area (TPSA) is 60.0 Å². The van der Waals surface area contributed by atoms with Gasteiger partial charge < -0.3 is 10.5 Å². The third kappa shape index (κ3) is 2.49. The molecule has 0 saturated heterocycles. The van der Waals surface area contributed by atoms with Crippen molar-refractivity contribution in [2.75, 3.05) is 7.11 Å². The van der Waals surface area contributed by atoms with E-state index in [0.29, 0.717) is 5.84 Å². The fraction of sp³-hybridized carbons (Fsp3) is 0.333. The molecule has 0 radical (unpaired) electrons. The Bertz CT molecular complexity index is 497. The van der Waals surface area contributed by atoms with Crippen LogP contribution in [0.25, 0.3) is 0 Å². The minimum atomic E-state index is 0.239. The van der Waals surface area contributed by atoms with E-state index in [-0.39, 0.29) is 5.92 Å². The normalized spacial score (nSPS) is 19.6. The van der Waals surface area contributed by atoms with E-state index in [2.05, 4.69) is 26.1 Å². The van der Waals surface area contributed by atoms with Crippen LogP contribution in [0.15, 0.2) is 32.9 Å². The average molecular weight is 296 g/mol. The zero-order valence-electron chi connectivity index (χ0n) is 9.77. The van der Waals surface area contributed by atoms with Crippen LogP contribution in [0.3, 0.4) is 0 Å². The van der Waals surface area contributed by atoms with Crippen molar-refractivity contribution in [2.24, 2.45) is 21.9 Å². The lowest BCUT2D eigenvalue weighted by atomic mass is 9.97. The number of methoxy groups -OCH3 is 1. The monoisotopic (exact) mass is 295 g/mol. The van der Waals surface area contributed by atoms with Crippen molar-refractivity contribution in [1.29, 1.82) is 0 Å². The van der Waals surface area contributed by atoms with Crippen molar-refractivity contribution in [1.82, 2.24) is 0 Å². The van der Waals surface area contributed by atoms with Crippen LogP contribution in [0.1, 0.15) is 18.9 Å². The molecule has 90 valence electrons.